The Kier molecular flexibility index (Phi) is 4.22. The molecule has 0 aliphatic carbocycles. The normalized spacial score (nSPS) is 21.0. The van der Waals surface area contributed by atoms with Crippen molar-refractivity contribution in [3.63, 3.8) is 0 Å². The number of nitrogens with one attached hydrogen (secondary N) is 1. The van der Waals surface area contributed by atoms with Crippen molar-refractivity contribution in [3.8, 4) is 11.3 Å². The molecule has 2 aromatic rings. The molecular formula is C16H18N2O4. The third kappa shape index (κ3) is 3.03. The molecule has 1 aromatic carbocycles. The second kappa shape index (κ2) is 6.29. The average molecular weight is 302 g/mol. The highest BCUT2D eigenvalue weighted by molar-refractivity contribution is 5.93. The van der Waals surface area contributed by atoms with Crippen LogP contribution in [0.4, 0.5) is 0 Å². The minimum atomic E-state index is -0.683. The van der Waals surface area contributed by atoms with Crippen molar-refractivity contribution in [3.05, 3.63) is 41.6 Å². The number of rotatable bonds is 4. The van der Waals surface area contributed by atoms with Crippen molar-refractivity contribution in [2.75, 3.05) is 13.2 Å². The van der Waals surface area contributed by atoms with Gasteiger partial charge in [-0.15, -0.1) is 0 Å². The Balaban J connectivity index is 1.70. The lowest BCUT2D eigenvalue weighted by atomic mass is 10.1. The number of benzene rings is 1. The van der Waals surface area contributed by atoms with Crippen LogP contribution in [0.3, 0.4) is 0 Å². The molecule has 116 valence electrons. The maximum Gasteiger partial charge on any atom is 0.273 e. The second-order valence-electron chi connectivity index (χ2n) is 5.31. The molecule has 3 rings (SSSR count). The van der Waals surface area contributed by atoms with E-state index in [2.05, 4.69) is 17.4 Å². The Hall–Kier alpha value is -2.18. The van der Waals surface area contributed by atoms with E-state index in [1.807, 2.05) is 24.3 Å². The number of aryl methyl sites for hydroxylation is 1. The highest BCUT2D eigenvalue weighted by atomic mass is 16.5. The topological polar surface area (TPSA) is 84.6 Å². The molecule has 0 saturated carbocycles. The molecule has 0 radical (unpaired) electrons. The molecule has 1 amide bonds. The fourth-order valence-electron chi connectivity index (χ4n) is 2.35. The van der Waals surface area contributed by atoms with Gasteiger partial charge in [0.2, 0.25) is 0 Å². The zero-order chi connectivity index (χ0) is 15.5. The summed E-state index contributed by atoms with van der Waals surface area (Å²) in [6.07, 6.45) is 0.285. The minimum absolute atomic E-state index is 0.189. The number of amides is 1. The van der Waals surface area contributed by atoms with Gasteiger partial charge in [-0.3, -0.25) is 4.79 Å². The zero-order valence-electron chi connectivity index (χ0n) is 12.3. The first kappa shape index (κ1) is 14.7. The Bertz CT molecular complexity index is 650. The van der Waals surface area contributed by atoms with Crippen LogP contribution in [-0.4, -0.2) is 41.5 Å². The summed E-state index contributed by atoms with van der Waals surface area (Å²) in [6, 6.07) is 9.11. The molecule has 0 spiro atoms. The van der Waals surface area contributed by atoms with E-state index in [1.165, 1.54) is 5.56 Å². The molecular weight excluding hydrogens is 284 g/mol. The Labute approximate surface area is 128 Å². The SMILES string of the molecule is CCc1ccc(-c2cc(C(=O)N[C@@H]3COC[C@H]3O)no2)cc1. The van der Waals surface area contributed by atoms with Gasteiger partial charge in [0, 0.05) is 11.6 Å². The Morgan fingerprint density at radius 1 is 1.36 bits per heavy atom. The van der Waals surface area contributed by atoms with E-state index in [9.17, 15) is 9.90 Å². The van der Waals surface area contributed by atoms with E-state index < -0.39 is 12.1 Å². The van der Waals surface area contributed by atoms with Gasteiger partial charge in [0.25, 0.3) is 5.91 Å². The smallest absolute Gasteiger partial charge is 0.273 e. The van der Waals surface area contributed by atoms with Gasteiger partial charge in [0.1, 0.15) is 0 Å². The van der Waals surface area contributed by atoms with Gasteiger partial charge in [-0.25, -0.2) is 0 Å². The third-order valence-corrected chi connectivity index (χ3v) is 3.76. The number of carbonyl (C=O) groups is 1. The number of aromatic nitrogens is 1. The summed E-state index contributed by atoms with van der Waals surface area (Å²) in [5.41, 5.74) is 2.29. The van der Waals surface area contributed by atoms with Crippen LogP contribution in [0, 0.1) is 0 Å². The monoisotopic (exact) mass is 302 g/mol. The number of carbonyl (C=O) groups excluding carboxylic acids is 1. The molecule has 0 bridgehead atoms. The first-order valence-electron chi connectivity index (χ1n) is 7.30. The predicted octanol–water partition coefficient (Wildman–Crippen LogP) is 1.39. The standard InChI is InChI=1S/C16H18N2O4/c1-2-10-3-5-11(6-4-10)15-7-12(18-22-15)16(20)17-13-8-21-9-14(13)19/h3-7,13-14,19H,2,8-9H2,1H3,(H,17,20)/t13-,14-/m1/s1. The van der Waals surface area contributed by atoms with Crippen LogP contribution in [0.25, 0.3) is 11.3 Å². The number of ether oxygens (including phenoxy) is 1. The molecule has 1 aromatic heterocycles. The van der Waals surface area contributed by atoms with E-state index in [0.29, 0.717) is 12.4 Å². The number of hydrogen-bond donors (Lipinski definition) is 2. The van der Waals surface area contributed by atoms with Crippen molar-refractivity contribution in [1.29, 1.82) is 0 Å². The summed E-state index contributed by atoms with van der Waals surface area (Å²) in [4.78, 5) is 12.1. The summed E-state index contributed by atoms with van der Waals surface area (Å²) in [5.74, 6) is 0.158. The van der Waals surface area contributed by atoms with E-state index in [0.717, 1.165) is 12.0 Å². The molecule has 1 aliphatic heterocycles. The van der Waals surface area contributed by atoms with E-state index in [4.69, 9.17) is 9.26 Å². The molecule has 2 N–H and O–H groups in total. The summed E-state index contributed by atoms with van der Waals surface area (Å²) in [5, 5.41) is 16.1. The van der Waals surface area contributed by atoms with Gasteiger partial charge in [-0.1, -0.05) is 36.3 Å². The maximum atomic E-state index is 12.1. The average Bonchev–Trinajstić information content (AvgIpc) is 3.17. The summed E-state index contributed by atoms with van der Waals surface area (Å²) < 4.78 is 10.3. The third-order valence-electron chi connectivity index (χ3n) is 3.76. The van der Waals surface area contributed by atoms with Crippen LogP contribution in [0.15, 0.2) is 34.9 Å². The van der Waals surface area contributed by atoms with Gasteiger partial charge in [-0.05, 0) is 12.0 Å². The van der Waals surface area contributed by atoms with Gasteiger partial charge in [0.15, 0.2) is 11.5 Å². The molecule has 1 fully saturated rings. The second-order valence-corrected chi connectivity index (χ2v) is 5.31. The lowest BCUT2D eigenvalue weighted by molar-refractivity contribution is 0.0877. The predicted molar refractivity (Wildman–Crippen MR) is 79.4 cm³/mol. The van der Waals surface area contributed by atoms with Crippen molar-refractivity contribution in [2.24, 2.45) is 0 Å². The molecule has 0 unspecified atom stereocenters. The highest BCUT2D eigenvalue weighted by Crippen LogP contribution is 2.21. The van der Waals surface area contributed by atoms with E-state index >= 15 is 0 Å². The molecule has 1 saturated heterocycles. The lowest BCUT2D eigenvalue weighted by Gasteiger charge is -2.12. The molecule has 6 heteroatoms. The Morgan fingerprint density at radius 3 is 2.77 bits per heavy atom. The van der Waals surface area contributed by atoms with Crippen LogP contribution < -0.4 is 5.32 Å². The lowest BCUT2D eigenvalue weighted by Crippen LogP contribution is -2.42. The van der Waals surface area contributed by atoms with E-state index in [1.54, 1.807) is 6.07 Å². The zero-order valence-corrected chi connectivity index (χ0v) is 12.3. The van der Waals surface area contributed by atoms with Crippen molar-refractivity contribution >= 4 is 5.91 Å². The minimum Gasteiger partial charge on any atom is -0.388 e. The molecule has 6 nitrogen and oxygen atoms in total. The first-order valence-corrected chi connectivity index (χ1v) is 7.30. The van der Waals surface area contributed by atoms with Crippen LogP contribution in [-0.2, 0) is 11.2 Å². The largest absolute Gasteiger partial charge is 0.388 e. The summed E-state index contributed by atoms with van der Waals surface area (Å²) in [7, 11) is 0. The van der Waals surface area contributed by atoms with Gasteiger partial charge < -0.3 is 19.7 Å². The van der Waals surface area contributed by atoms with E-state index in [-0.39, 0.29) is 18.2 Å². The van der Waals surface area contributed by atoms with Crippen LogP contribution in [0.2, 0.25) is 0 Å². The van der Waals surface area contributed by atoms with Crippen molar-refractivity contribution in [1.82, 2.24) is 10.5 Å². The van der Waals surface area contributed by atoms with Gasteiger partial charge in [-0.2, -0.15) is 0 Å². The molecule has 22 heavy (non-hydrogen) atoms. The molecule has 1 aliphatic rings. The van der Waals surface area contributed by atoms with Crippen molar-refractivity contribution < 1.29 is 19.2 Å². The fourth-order valence-corrected chi connectivity index (χ4v) is 2.35. The molecule has 2 atom stereocenters. The fraction of sp³-hybridized carbons (Fsp3) is 0.375. The van der Waals surface area contributed by atoms with Gasteiger partial charge >= 0.3 is 0 Å². The van der Waals surface area contributed by atoms with Crippen LogP contribution in [0.1, 0.15) is 23.0 Å². The molecule has 2 heterocycles. The van der Waals surface area contributed by atoms with Gasteiger partial charge in [0.05, 0.1) is 25.4 Å². The van der Waals surface area contributed by atoms with Crippen LogP contribution >= 0.6 is 0 Å². The number of aliphatic hydroxyl groups is 1. The summed E-state index contributed by atoms with van der Waals surface area (Å²) >= 11 is 0. The Morgan fingerprint density at radius 2 is 2.14 bits per heavy atom. The van der Waals surface area contributed by atoms with Crippen molar-refractivity contribution in [2.45, 2.75) is 25.5 Å². The maximum absolute atomic E-state index is 12.1. The first-order chi connectivity index (χ1) is 10.7. The number of hydrogen-bond acceptors (Lipinski definition) is 5. The number of nitrogens with zero attached hydrogens (tertiary/aromatic N) is 1. The summed E-state index contributed by atoms with van der Waals surface area (Å²) in [6.45, 7) is 2.63. The van der Waals surface area contributed by atoms with Crippen LogP contribution in [0.5, 0.6) is 0 Å². The number of aliphatic hydroxyl groups excluding tert-OH is 1. The quantitative estimate of drug-likeness (QED) is 0.891. The highest BCUT2D eigenvalue weighted by Gasteiger charge is 2.28.